The SMILES string of the molecule is CCNCC(=O)Nc1ccc2[nH]c(=O)oc2c1. The normalized spacial score (nSPS) is 10.6. The van der Waals surface area contributed by atoms with Gasteiger partial charge in [0.1, 0.15) is 0 Å². The molecule has 0 atom stereocenters. The predicted molar refractivity (Wildman–Crippen MR) is 64.0 cm³/mol. The number of fused-ring (bicyclic) bond motifs is 1. The second-order valence-corrected chi connectivity index (χ2v) is 3.55. The van der Waals surface area contributed by atoms with Gasteiger partial charge in [0.15, 0.2) is 5.58 Å². The molecule has 0 aliphatic rings. The summed E-state index contributed by atoms with van der Waals surface area (Å²) in [7, 11) is 0. The molecule has 2 rings (SSSR count). The summed E-state index contributed by atoms with van der Waals surface area (Å²) in [6, 6.07) is 5.00. The van der Waals surface area contributed by atoms with E-state index in [2.05, 4.69) is 15.6 Å². The fourth-order valence-electron chi connectivity index (χ4n) is 1.47. The van der Waals surface area contributed by atoms with Crippen molar-refractivity contribution in [1.82, 2.24) is 10.3 Å². The van der Waals surface area contributed by atoms with Gasteiger partial charge in [0, 0.05) is 11.8 Å². The number of likely N-dealkylation sites (N-methyl/N-ethyl adjacent to an activating group) is 1. The molecule has 0 saturated heterocycles. The van der Waals surface area contributed by atoms with Crippen molar-refractivity contribution in [3.63, 3.8) is 0 Å². The van der Waals surface area contributed by atoms with Crippen LogP contribution in [0.5, 0.6) is 0 Å². The van der Waals surface area contributed by atoms with Crippen LogP contribution in [0, 0.1) is 0 Å². The Kier molecular flexibility index (Phi) is 3.24. The molecular formula is C11H13N3O3. The molecule has 3 N–H and O–H groups in total. The molecule has 1 aromatic heterocycles. The lowest BCUT2D eigenvalue weighted by molar-refractivity contribution is -0.115. The number of oxazole rings is 1. The van der Waals surface area contributed by atoms with Gasteiger partial charge in [0.25, 0.3) is 0 Å². The molecule has 0 aliphatic heterocycles. The molecular weight excluding hydrogens is 222 g/mol. The van der Waals surface area contributed by atoms with E-state index in [0.717, 1.165) is 6.54 Å². The maximum Gasteiger partial charge on any atom is 0.417 e. The number of nitrogens with one attached hydrogen (secondary N) is 3. The second-order valence-electron chi connectivity index (χ2n) is 3.55. The maximum atomic E-state index is 11.4. The third kappa shape index (κ3) is 2.73. The number of anilines is 1. The lowest BCUT2D eigenvalue weighted by atomic mass is 10.3. The van der Waals surface area contributed by atoms with E-state index in [4.69, 9.17) is 4.42 Å². The number of carbonyl (C=O) groups is 1. The number of rotatable bonds is 4. The molecule has 1 aromatic carbocycles. The molecule has 17 heavy (non-hydrogen) atoms. The Morgan fingerprint density at radius 3 is 3.06 bits per heavy atom. The molecule has 0 aliphatic carbocycles. The summed E-state index contributed by atoms with van der Waals surface area (Å²) < 4.78 is 4.89. The van der Waals surface area contributed by atoms with Crippen molar-refractivity contribution in [3.8, 4) is 0 Å². The van der Waals surface area contributed by atoms with Gasteiger partial charge < -0.3 is 15.1 Å². The average Bonchev–Trinajstić information content (AvgIpc) is 2.65. The van der Waals surface area contributed by atoms with Crippen molar-refractivity contribution in [1.29, 1.82) is 0 Å². The number of carbonyl (C=O) groups excluding carboxylic acids is 1. The highest BCUT2D eigenvalue weighted by molar-refractivity contribution is 5.93. The van der Waals surface area contributed by atoms with Crippen LogP contribution < -0.4 is 16.4 Å². The average molecular weight is 235 g/mol. The van der Waals surface area contributed by atoms with E-state index < -0.39 is 5.76 Å². The van der Waals surface area contributed by atoms with Gasteiger partial charge in [-0.1, -0.05) is 6.92 Å². The molecule has 6 heteroatoms. The van der Waals surface area contributed by atoms with Crippen LogP contribution in [-0.4, -0.2) is 24.0 Å². The van der Waals surface area contributed by atoms with Crippen molar-refractivity contribution in [2.45, 2.75) is 6.92 Å². The number of amides is 1. The van der Waals surface area contributed by atoms with Gasteiger partial charge >= 0.3 is 5.76 Å². The zero-order valence-corrected chi connectivity index (χ0v) is 9.37. The van der Waals surface area contributed by atoms with Gasteiger partial charge in [-0.25, -0.2) is 4.79 Å². The van der Waals surface area contributed by atoms with Crippen LogP contribution in [0.25, 0.3) is 11.1 Å². The van der Waals surface area contributed by atoms with E-state index in [9.17, 15) is 9.59 Å². The quantitative estimate of drug-likeness (QED) is 0.726. The molecule has 0 radical (unpaired) electrons. The van der Waals surface area contributed by atoms with Gasteiger partial charge in [0.2, 0.25) is 5.91 Å². The first-order valence-corrected chi connectivity index (χ1v) is 5.32. The highest BCUT2D eigenvalue weighted by Crippen LogP contribution is 2.15. The Labute approximate surface area is 97.0 Å². The fourth-order valence-corrected chi connectivity index (χ4v) is 1.47. The van der Waals surface area contributed by atoms with Crippen LogP contribution in [0.1, 0.15) is 6.92 Å². The predicted octanol–water partition coefficient (Wildman–Crippen LogP) is 0.669. The largest absolute Gasteiger partial charge is 0.417 e. The second kappa shape index (κ2) is 4.84. The Balaban J connectivity index is 2.13. The molecule has 0 fully saturated rings. The van der Waals surface area contributed by atoms with Gasteiger partial charge in [-0.3, -0.25) is 9.78 Å². The van der Waals surface area contributed by atoms with Crippen molar-refractivity contribution in [3.05, 3.63) is 28.7 Å². The minimum absolute atomic E-state index is 0.135. The summed E-state index contributed by atoms with van der Waals surface area (Å²) in [5, 5.41) is 5.62. The molecule has 6 nitrogen and oxygen atoms in total. The molecule has 0 saturated carbocycles. The number of benzene rings is 1. The van der Waals surface area contributed by atoms with Gasteiger partial charge in [0.05, 0.1) is 12.1 Å². The maximum absolute atomic E-state index is 11.4. The standard InChI is InChI=1S/C11H13N3O3/c1-2-12-6-10(15)13-7-3-4-8-9(5-7)17-11(16)14-8/h3-5,12H,2,6H2,1H3,(H,13,15)(H,14,16). The molecule has 90 valence electrons. The van der Waals surface area contributed by atoms with Gasteiger partial charge in [-0.05, 0) is 18.7 Å². The monoisotopic (exact) mass is 235 g/mol. The van der Waals surface area contributed by atoms with Crippen molar-refractivity contribution in [2.75, 3.05) is 18.4 Å². The first-order chi connectivity index (χ1) is 8.19. The Bertz CT molecular complexity index is 585. The molecule has 2 aromatic rings. The first kappa shape index (κ1) is 11.4. The Hall–Kier alpha value is -2.08. The van der Waals surface area contributed by atoms with Crippen LogP contribution in [0.15, 0.2) is 27.4 Å². The number of hydrogen-bond acceptors (Lipinski definition) is 4. The van der Waals surface area contributed by atoms with E-state index in [1.165, 1.54) is 0 Å². The topological polar surface area (TPSA) is 87.1 Å². The fraction of sp³-hybridized carbons (Fsp3) is 0.273. The summed E-state index contributed by atoms with van der Waals surface area (Å²) >= 11 is 0. The van der Waals surface area contributed by atoms with Gasteiger partial charge in [-0.2, -0.15) is 0 Å². The van der Waals surface area contributed by atoms with E-state index >= 15 is 0 Å². The summed E-state index contributed by atoms with van der Waals surface area (Å²) in [6.07, 6.45) is 0. The summed E-state index contributed by atoms with van der Waals surface area (Å²) in [5.74, 6) is -0.639. The van der Waals surface area contributed by atoms with E-state index in [1.807, 2.05) is 6.92 Å². The van der Waals surface area contributed by atoms with Crippen LogP contribution >= 0.6 is 0 Å². The van der Waals surface area contributed by atoms with Crippen LogP contribution in [0.3, 0.4) is 0 Å². The summed E-state index contributed by atoms with van der Waals surface area (Å²) in [4.78, 5) is 24.9. The number of hydrogen-bond donors (Lipinski definition) is 3. The van der Waals surface area contributed by atoms with Crippen LogP contribution in [-0.2, 0) is 4.79 Å². The Morgan fingerprint density at radius 2 is 2.29 bits per heavy atom. The van der Waals surface area contributed by atoms with Crippen molar-refractivity contribution < 1.29 is 9.21 Å². The zero-order valence-electron chi connectivity index (χ0n) is 9.37. The minimum Gasteiger partial charge on any atom is -0.408 e. The smallest absolute Gasteiger partial charge is 0.408 e. The van der Waals surface area contributed by atoms with Crippen LogP contribution in [0.4, 0.5) is 5.69 Å². The molecule has 0 bridgehead atoms. The molecule has 0 spiro atoms. The number of aromatic amines is 1. The van der Waals surface area contributed by atoms with Gasteiger partial charge in [-0.15, -0.1) is 0 Å². The zero-order chi connectivity index (χ0) is 12.3. The molecule has 1 heterocycles. The van der Waals surface area contributed by atoms with Crippen molar-refractivity contribution in [2.24, 2.45) is 0 Å². The number of H-pyrrole nitrogens is 1. The lowest BCUT2D eigenvalue weighted by Crippen LogP contribution is -2.27. The van der Waals surface area contributed by atoms with E-state index in [1.54, 1.807) is 18.2 Å². The lowest BCUT2D eigenvalue weighted by Gasteiger charge is -2.04. The third-order valence-corrected chi connectivity index (χ3v) is 2.24. The van der Waals surface area contributed by atoms with E-state index in [0.29, 0.717) is 16.8 Å². The van der Waals surface area contributed by atoms with Crippen molar-refractivity contribution >= 4 is 22.7 Å². The molecule has 0 unspecified atom stereocenters. The first-order valence-electron chi connectivity index (χ1n) is 5.32. The Morgan fingerprint density at radius 1 is 1.47 bits per heavy atom. The summed E-state index contributed by atoms with van der Waals surface area (Å²) in [6.45, 7) is 2.92. The molecule has 1 amide bonds. The van der Waals surface area contributed by atoms with E-state index in [-0.39, 0.29) is 12.5 Å². The third-order valence-electron chi connectivity index (χ3n) is 2.24. The summed E-state index contributed by atoms with van der Waals surface area (Å²) in [5.41, 5.74) is 1.64. The highest BCUT2D eigenvalue weighted by Gasteiger charge is 2.04. The minimum atomic E-state index is -0.504. The van der Waals surface area contributed by atoms with Crippen LogP contribution in [0.2, 0.25) is 0 Å². The highest BCUT2D eigenvalue weighted by atomic mass is 16.4. The number of aromatic nitrogens is 1.